The molecule has 0 radical (unpaired) electrons. The van der Waals surface area contributed by atoms with Gasteiger partial charge < -0.3 is 4.90 Å². The highest BCUT2D eigenvalue weighted by Crippen LogP contribution is 2.05. The molecule has 0 atom stereocenters. The topological polar surface area (TPSA) is 20.3 Å². The third-order valence-corrected chi connectivity index (χ3v) is 2.18. The molecule has 0 unspecified atom stereocenters. The minimum absolute atomic E-state index is 0.187. The molecule has 68 valence electrons. The van der Waals surface area contributed by atoms with Crippen LogP contribution in [0.2, 0.25) is 0 Å². The first kappa shape index (κ1) is 9.30. The molecular weight excluding hydrogens is 150 g/mol. The van der Waals surface area contributed by atoms with E-state index in [0.717, 1.165) is 19.5 Å². The summed E-state index contributed by atoms with van der Waals surface area (Å²) in [5.41, 5.74) is 0. The Bertz CT molecular complexity index is 175. The maximum absolute atomic E-state index is 11.1. The van der Waals surface area contributed by atoms with Gasteiger partial charge in [-0.25, -0.2) is 0 Å². The quantitative estimate of drug-likeness (QED) is 0.573. The number of unbranched alkanes of at least 4 members (excludes halogenated alkanes) is 3. The molecule has 0 saturated heterocycles. The summed E-state index contributed by atoms with van der Waals surface area (Å²) in [7, 11) is 0. The Labute approximate surface area is 74.2 Å². The van der Waals surface area contributed by atoms with Crippen molar-refractivity contribution < 1.29 is 4.79 Å². The van der Waals surface area contributed by atoms with E-state index in [9.17, 15) is 4.79 Å². The molecule has 1 rings (SSSR count). The highest BCUT2D eigenvalue weighted by atomic mass is 16.2. The Balaban J connectivity index is 2.04. The van der Waals surface area contributed by atoms with Crippen LogP contribution >= 0.6 is 0 Å². The van der Waals surface area contributed by atoms with E-state index in [4.69, 9.17) is 0 Å². The first-order valence-corrected chi connectivity index (χ1v) is 4.80. The number of hydrogen-bond acceptors (Lipinski definition) is 1. The number of carbonyl (C=O) groups is 1. The van der Waals surface area contributed by atoms with Crippen LogP contribution in [0.5, 0.6) is 0 Å². The van der Waals surface area contributed by atoms with Gasteiger partial charge in [0, 0.05) is 19.2 Å². The Morgan fingerprint density at radius 2 is 2.25 bits per heavy atom. The van der Waals surface area contributed by atoms with Crippen molar-refractivity contribution in [1.29, 1.82) is 0 Å². The van der Waals surface area contributed by atoms with Gasteiger partial charge in [-0.05, 0) is 6.42 Å². The molecule has 1 heterocycles. The second-order valence-electron chi connectivity index (χ2n) is 3.25. The van der Waals surface area contributed by atoms with Crippen molar-refractivity contribution in [3.63, 3.8) is 0 Å². The average Bonchev–Trinajstić information content (AvgIpc) is 2.46. The fraction of sp³-hybridized carbons (Fsp3) is 0.700. The van der Waals surface area contributed by atoms with Crippen LogP contribution in [-0.2, 0) is 4.79 Å². The summed E-state index contributed by atoms with van der Waals surface area (Å²) in [5, 5.41) is 0. The lowest BCUT2D eigenvalue weighted by Gasteiger charge is -2.14. The van der Waals surface area contributed by atoms with E-state index in [-0.39, 0.29) is 5.91 Å². The van der Waals surface area contributed by atoms with E-state index in [1.807, 2.05) is 11.0 Å². The van der Waals surface area contributed by atoms with Gasteiger partial charge in [0.05, 0.1) is 0 Å². The monoisotopic (exact) mass is 167 g/mol. The third kappa shape index (κ3) is 2.68. The third-order valence-electron chi connectivity index (χ3n) is 2.18. The van der Waals surface area contributed by atoms with Crippen LogP contribution in [0.25, 0.3) is 0 Å². The largest absolute Gasteiger partial charge is 0.335 e. The summed E-state index contributed by atoms with van der Waals surface area (Å²) in [6, 6.07) is 0. The first-order chi connectivity index (χ1) is 5.84. The zero-order valence-corrected chi connectivity index (χ0v) is 7.75. The van der Waals surface area contributed by atoms with Crippen molar-refractivity contribution in [1.82, 2.24) is 4.90 Å². The number of rotatable bonds is 5. The summed E-state index contributed by atoms with van der Waals surface area (Å²) >= 11 is 0. The van der Waals surface area contributed by atoms with E-state index in [1.165, 1.54) is 19.3 Å². The van der Waals surface area contributed by atoms with E-state index >= 15 is 0 Å². The van der Waals surface area contributed by atoms with E-state index in [2.05, 4.69) is 6.92 Å². The molecule has 0 bridgehead atoms. The van der Waals surface area contributed by atoms with E-state index < -0.39 is 0 Å². The Morgan fingerprint density at radius 3 is 2.83 bits per heavy atom. The molecular formula is C10H17NO. The minimum Gasteiger partial charge on any atom is -0.335 e. The Hall–Kier alpha value is -0.790. The molecule has 0 saturated carbocycles. The molecule has 2 nitrogen and oxygen atoms in total. The fourth-order valence-electron chi connectivity index (χ4n) is 1.41. The molecule has 0 aromatic heterocycles. The van der Waals surface area contributed by atoms with Gasteiger partial charge in [-0.2, -0.15) is 0 Å². The predicted octanol–water partition coefficient (Wildman–Crippen LogP) is 1.97. The van der Waals surface area contributed by atoms with Crippen LogP contribution < -0.4 is 0 Å². The molecule has 12 heavy (non-hydrogen) atoms. The van der Waals surface area contributed by atoms with Gasteiger partial charge in [0.2, 0.25) is 5.91 Å². The van der Waals surface area contributed by atoms with Crippen LogP contribution in [0.4, 0.5) is 0 Å². The molecule has 0 aliphatic carbocycles. The van der Waals surface area contributed by atoms with Gasteiger partial charge in [0.15, 0.2) is 0 Å². The van der Waals surface area contributed by atoms with Crippen LogP contribution in [0, 0.1) is 0 Å². The minimum atomic E-state index is 0.187. The normalized spacial score (nSPS) is 16.1. The van der Waals surface area contributed by atoms with Crippen molar-refractivity contribution >= 4 is 5.91 Å². The molecule has 0 spiro atoms. The SMILES string of the molecule is CCCCCCN1CC=CC1=O. The molecule has 0 N–H and O–H groups in total. The maximum Gasteiger partial charge on any atom is 0.246 e. The number of nitrogens with zero attached hydrogens (tertiary/aromatic N) is 1. The number of amides is 1. The summed E-state index contributed by atoms with van der Waals surface area (Å²) in [5.74, 6) is 0.187. The van der Waals surface area contributed by atoms with Crippen molar-refractivity contribution in [2.45, 2.75) is 32.6 Å². The van der Waals surface area contributed by atoms with Crippen LogP contribution in [0.15, 0.2) is 12.2 Å². The molecule has 1 amide bonds. The zero-order valence-electron chi connectivity index (χ0n) is 7.75. The lowest BCUT2D eigenvalue weighted by molar-refractivity contribution is -0.124. The summed E-state index contributed by atoms with van der Waals surface area (Å²) in [6.07, 6.45) is 8.55. The Morgan fingerprint density at radius 1 is 1.42 bits per heavy atom. The van der Waals surface area contributed by atoms with Crippen molar-refractivity contribution in [2.75, 3.05) is 13.1 Å². The summed E-state index contributed by atoms with van der Waals surface area (Å²) in [4.78, 5) is 13.0. The molecule has 1 aliphatic rings. The van der Waals surface area contributed by atoms with Gasteiger partial charge in [-0.15, -0.1) is 0 Å². The van der Waals surface area contributed by atoms with Crippen molar-refractivity contribution in [3.8, 4) is 0 Å². The highest BCUT2D eigenvalue weighted by molar-refractivity contribution is 5.89. The van der Waals surface area contributed by atoms with Gasteiger partial charge in [0.1, 0.15) is 0 Å². The zero-order chi connectivity index (χ0) is 8.81. The van der Waals surface area contributed by atoms with Gasteiger partial charge in [-0.1, -0.05) is 32.3 Å². The lowest BCUT2D eigenvalue weighted by atomic mass is 10.2. The standard InChI is InChI=1S/C10H17NO/c1-2-3-4-5-8-11-9-6-7-10(11)12/h6-7H,2-5,8-9H2,1H3. The van der Waals surface area contributed by atoms with Crippen LogP contribution in [-0.4, -0.2) is 23.9 Å². The lowest BCUT2D eigenvalue weighted by Crippen LogP contribution is -2.26. The average molecular weight is 167 g/mol. The highest BCUT2D eigenvalue weighted by Gasteiger charge is 2.12. The van der Waals surface area contributed by atoms with Crippen LogP contribution in [0.1, 0.15) is 32.6 Å². The molecule has 1 aliphatic heterocycles. The molecule has 0 aromatic rings. The van der Waals surface area contributed by atoms with Crippen LogP contribution in [0.3, 0.4) is 0 Å². The Kier molecular flexibility index (Phi) is 3.85. The van der Waals surface area contributed by atoms with E-state index in [1.54, 1.807) is 6.08 Å². The van der Waals surface area contributed by atoms with Gasteiger partial charge in [0.25, 0.3) is 0 Å². The first-order valence-electron chi connectivity index (χ1n) is 4.80. The summed E-state index contributed by atoms with van der Waals surface area (Å²) < 4.78 is 0. The molecule has 0 aromatic carbocycles. The van der Waals surface area contributed by atoms with Gasteiger partial charge in [-0.3, -0.25) is 4.79 Å². The maximum atomic E-state index is 11.1. The second-order valence-corrected chi connectivity index (χ2v) is 3.25. The van der Waals surface area contributed by atoms with Gasteiger partial charge >= 0.3 is 0 Å². The van der Waals surface area contributed by atoms with Crippen molar-refractivity contribution in [2.24, 2.45) is 0 Å². The molecule has 2 heteroatoms. The second kappa shape index (κ2) is 4.96. The number of carbonyl (C=O) groups excluding carboxylic acids is 1. The van der Waals surface area contributed by atoms with E-state index in [0.29, 0.717) is 0 Å². The smallest absolute Gasteiger partial charge is 0.246 e. The summed E-state index contributed by atoms with van der Waals surface area (Å²) in [6.45, 7) is 3.96. The van der Waals surface area contributed by atoms with Crippen molar-refractivity contribution in [3.05, 3.63) is 12.2 Å². The fourth-order valence-corrected chi connectivity index (χ4v) is 1.41. The predicted molar refractivity (Wildman–Crippen MR) is 49.9 cm³/mol. The number of hydrogen-bond donors (Lipinski definition) is 0. The molecule has 0 fully saturated rings.